The molecule has 0 spiro atoms. The molecule has 5 rings (SSSR count). The highest BCUT2D eigenvalue weighted by molar-refractivity contribution is 5.98. The number of nitrogens with one attached hydrogen (secondary N) is 1. The maximum Gasteiger partial charge on any atom is 0.254 e. The lowest BCUT2D eigenvalue weighted by molar-refractivity contribution is -0.120. The number of hydrogen-bond acceptors (Lipinski definition) is 4. The van der Waals surface area contributed by atoms with Crippen molar-refractivity contribution in [1.82, 2.24) is 19.7 Å². The summed E-state index contributed by atoms with van der Waals surface area (Å²) in [4.78, 5) is 27.1. The summed E-state index contributed by atoms with van der Waals surface area (Å²) in [6.07, 6.45) is 7.77. The molecule has 1 N–H and O–H groups in total. The number of amides is 2. The van der Waals surface area contributed by atoms with Crippen LogP contribution in [-0.4, -0.2) is 38.0 Å². The van der Waals surface area contributed by atoms with Crippen LogP contribution in [0.25, 0.3) is 0 Å². The van der Waals surface area contributed by atoms with Gasteiger partial charge >= 0.3 is 0 Å². The summed E-state index contributed by atoms with van der Waals surface area (Å²) in [5.74, 6) is 0.435. The van der Waals surface area contributed by atoms with Crippen molar-refractivity contribution in [2.24, 2.45) is 17.8 Å². The number of benzene rings is 1. The van der Waals surface area contributed by atoms with Crippen LogP contribution >= 0.6 is 0 Å². The van der Waals surface area contributed by atoms with Gasteiger partial charge in [-0.2, -0.15) is 0 Å². The summed E-state index contributed by atoms with van der Waals surface area (Å²) < 4.78 is 16.1. The fourth-order valence-electron chi connectivity index (χ4n) is 4.52. The molecule has 1 aromatic carbocycles. The molecule has 3 aliphatic rings. The van der Waals surface area contributed by atoms with E-state index in [1.54, 1.807) is 17.3 Å². The van der Waals surface area contributed by atoms with E-state index in [1.807, 2.05) is 4.57 Å². The second-order valence-corrected chi connectivity index (χ2v) is 7.77. The molecule has 1 aliphatic heterocycles. The van der Waals surface area contributed by atoms with Crippen LogP contribution in [0.2, 0.25) is 0 Å². The van der Waals surface area contributed by atoms with Crippen molar-refractivity contribution in [3.05, 3.63) is 53.9 Å². The number of aromatic nitrogens is 3. The van der Waals surface area contributed by atoms with Gasteiger partial charge in [-0.1, -0.05) is 12.2 Å². The van der Waals surface area contributed by atoms with Gasteiger partial charge in [0.1, 0.15) is 12.1 Å². The molecule has 2 bridgehead atoms. The fourth-order valence-corrected chi connectivity index (χ4v) is 4.52. The number of halogens is 1. The fraction of sp³-hybridized carbons (Fsp3) is 0.400. The van der Waals surface area contributed by atoms with Crippen molar-refractivity contribution in [2.75, 3.05) is 11.9 Å². The Balaban J connectivity index is 1.32. The zero-order chi connectivity index (χ0) is 19.3. The van der Waals surface area contributed by atoms with E-state index in [1.165, 1.54) is 12.1 Å². The van der Waals surface area contributed by atoms with Gasteiger partial charge in [-0.05, 0) is 42.9 Å². The van der Waals surface area contributed by atoms with Crippen LogP contribution in [0, 0.1) is 23.6 Å². The molecular weight excluding hydrogens is 361 g/mol. The number of fused-ring (bicyclic) bond motifs is 3. The maximum atomic E-state index is 14.2. The van der Waals surface area contributed by atoms with E-state index < -0.39 is 5.82 Å². The van der Waals surface area contributed by atoms with Crippen molar-refractivity contribution in [3.8, 4) is 0 Å². The zero-order valence-electron chi connectivity index (χ0n) is 15.2. The summed E-state index contributed by atoms with van der Waals surface area (Å²) in [6.45, 7) is 1.43. The maximum absolute atomic E-state index is 14.2. The molecule has 1 saturated carbocycles. The molecule has 28 heavy (non-hydrogen) atoms. The lowest BCUT2D eigenvalue weighted by Crippen LogP contribution is -2.38. The Kier molecular flexibility index (Phi) is 3.99. The predicted octanol–water partition coefficient (Wildman–Crippen LogP) is 2.22. The van der Waals surface area contributed by atoms with Gasteiger partial charge in [-0.25, -0.2) is 4.39 Å². The van der Waals surface area contributed by atoms with Crippen LogP contribution in [0.5, 0.6) is 0 Å². The number of carbonyl (C=O) groups is 2. The summed E-state index contributed by atoms with van der Waals surface area (Å²) in [7, 11) is 0. The third-order valence-corrected chi connectivity index (χ3v) is 5.95. The van der Waals surface area contributed by atoms with E-state index in [9.17, 15) is 14.0 Å². The van der Waals surface area contributed by atoms with Crippen molar-refractivity contribution >= 4 is 17.5 Å². The van der Waals surface area contributed by atoms with Crippen molar-refractivity contribution in [1.29, 1.82) is 0 Å². The Morgan fingerprint density at radius 3 is 2.82 bits per heavy atom. The highest BCUT2D eigenvalue weighted by Gasteiger charge is 2.39. The zero-order valence-corrected chi connectivity index (χ0v) is 15.2. The standard InChI is InChI=1S/C20H20FN5O2/c21-15-7-14(20(28)25-3-4-26-11-22-24-18(26)10-25)8-16(9-15)23-19(27)17-6-12-1-2-13(17)5-12/h1-2,7-9,11-13,17H,3-6,10H2,(H,23,27)/t12-,13+,17-/m1/s1. The summed E-state index contributed by atoms with van der Waals surface area (Å²) >= 11 is 0. The SMILES string of the molecule is O=C(Nc1cc(F)cc(C(=O)N2CCn3cnnc3C2)c1)[C@@H]1C[C@@H]2C=C[C@H]1C2. The van der Waals surface area contributed by atoms with Gasteiger partial charge in [-0.3, -0.25) is 9.59 Å². The van der Waals surface area contributed by atoms with Crippen LogP contribution < -0.4 is 5.32 Å². The smallest absolute Gasteiger partial charge is 0.254 e. The minimum absolute atomic E-state index is 0.0779. The molecule has 8 heteroatoms. The summed E-state index contributed by atoms with van der Waals surface area (Å²) in [6, 6.07) is 4.01. The lowest BCUT2D eigenvalue weighted by Gasteiger charge is -2.27. The molecule has 2 aliphatic carbocycles. The third kappa shape index (κ3) is 2.98. The molecule has 7 nitrogen and oxygen atoms in total. The number of allylic oxidation sites excluding steroid dienone is 2. The van der Waals surface area contributed by atoms with E-state index in [-0.39, 0.29) is 29.2 Å². The first kappa shape index (κ1) is 17.1. The molecule has 0 saturated heterocycles. The van der Waals surface area contributed by atoms with Crippen molar-refractivity contribution in [3.63, 3.8) is 0 Å². The van der Waals surface area contributed by atoms with Gasteiger partial charge in [0.25, 0.3) is 5.91 Å². The molecule has 2 aromatic rings. The molecule has 1 fully saturated rings. The highest BCUT2D eigenvalue weighted by Crippen LogP contribution is 2.43. The van der Waals surface area contributed by atoms with Crippen LogP contribution in [0.1, 0.15) is 29.0 Å². The number of nitrogens with zero attached hydrogens (tertiary/aromatic N) is 4. The molecule has 144 valence electrons. The van der Waals surface area contributed by atoms with E-state index >= 15 is 0 Å². The average Bonchev–Trinajstić information content (AvgIpc) is 3.42. The van der Waals surface area contributed by atoms with Crippen molar-refractivity contribution < 1.29 is 14.0 Å². The van der Waals surface area contributed by atoms with E-state index in [4.69, 9.17) is 0 Å². The van der Waals surface area contributed by atoms with E-state index in [2.05, 4.69) is 27.7 Å². The van der Waals surface area contributed by atoms with Crippen LogP contribution in [0.15, 0.2) is 36.7 Å². The van der Waals surface area contributed by atoms with Gasteiger partial charge in [0, 0.05) is 30.3 Å². The first-order valence-corrected chi connectivity index (χ1v) is 9.52. The van der Waals surface area contributed by atoms with Gasteiger partial charge < -0.3 is 14.8 Å². The third-order valence-electron chi connectivity index (χ3n) is 5.95. The first-order chi connectivity index (χ1) is 13.6. The van der Waals surface area contributed by atoms with Crippen LogP contribution in [-0.2, 0) is 17.9 Å². The predicted molar refractivity (Wildman–Crippen MR) is 98.6 cm³/mol. The Bertz CT molecular complexity index is 985. The molecule has 2 amide bonds. The second kappa shape index (κ2) is 6.54. The normalized spacial score (nSPS) is 25.0. The minimum Gasteiger partial charge on any atom is -0.329 e. The van der Waals surface area contributed by atoms with Crippen LogP contribution in [0.4, 0.5) is 10.1 Å². The molecule has 0 unspecified atom stereocenters. The topological polar surface area (TPSA) is 80.1 Å². The molecule has 0 radical (unpaired) electrons. The quantitative estimate of drug-likeness (QED) is 0.827. The molecular formula is C20H20FN5O2. The Morgan fingerprint density at radius 2 is 2.04 bits per heavy atom. The molecule has 1 aromatic heterocycles. The van der Waals surface area contributed by atoms with Gasteiger partial charge in [0.15, 0.2) is 5.82 Å². The van der Waals surface area contributed by atoms with Gasteiger partial charge in [-0.15, -0.1) is 10.2 Å². The average molecular weight is 381 g/mol. The lowest BCUT2D eigenvalue weighted by atomic mass is 9.93. The number of hydrogen-bond donors (Lipinski definition) is 1. The van der Waals surface area contributed by atoms with E-state index in [0.717, 1.165) is 12.8 Å². The minimum atomic E-state index is -0.547. The summed E-state index contributed by atoms with van der Waals surface area (Å²) in [5, 5.41) is 10.7. The summed E-state index contributed by atoms with van der Waals surface area (Å²) in [5.41, 5.74) is 0.538. The van der Waals surface area contributed by atoms with Gasteiger partial charge in [0.05, 0.1) is 6.54 Å². The highest BCUT2D eigenvalue weighted by atomic mass is 19.1. The van der Waals surface area contributed by atoms with Crippen molar-refractivity contribution in [2.45, 2.75) is 25.9 Å². The van der Waals surface area contributed by atoms with E-state index in [0.29, 0.717) is 37.1 Å². The molecule has 2 heterocycles. The van der Waals surface area contributed by atoms with Crippen LogP contribution in [0.3, 0.4) is 0 Å². The largest absolute Gasteiger partial charge is 0.329 e. The number of anilines is 1. The second-order valence-electron chi connectivity index (χ2n) is 7.77. The Morgan fingerprint density at radius 1 is 1.14 bits per heavy atom. The monoisotopic (exact) mass is 381 g/mol. The Hall–Kier alpha value is -3.03. The number of rotatable bonds is 3. The number of carbonyl (C=O) groups excluding carboxylic acids is 2. The molecule has 3 atom stereocenters. The van der Waals surface area contributed by atoms with Gasteiger partial charge in [0.2, 0.25) is 5.91 Å². The first-order valence-electron chi connectivity index (χ1n) is 9.52. The Labute approximate surface area is 161 Å².